The number of carbonyl (C=O) groups is 2. The summed E-state index contributed by atoms with van der Waals surface area (Å²) in [5.74, 6) is -5.59. The largest absolute Gasteiger partial charge is 0.453 e. The van der Waals surface area contributed by atoms with E-state index in [-0.39, 0.29) is 38.9 Å². The lowest BCUT2D eigenvalue weighted by atomic mass is 9.80. The van der Waals surface area contributed by atoms with E-state index in [1.54, 1.807) is 0 Å². The van der Waals surface area contributed by atoms with Gasteiger partial charge in [-0.05, 0) is 61.6 Å². The standard InChI is InChI=1S/C24H24ClF3N2O5S/c1-35-24(32)29-11-12-6-13-2-3-14(7-12)22(13)36(33,34)20-8-15(4-5-17(20)25)23(31)30-16-9-18(26)21(28)19(27)10-16/h4-5,8-10,12-14,22H,2-3,6-7,11H2,1H3,(H,29,32)(H,30,31)/t12-,13-,14?,22+/m0/s1. The summed E-state index contributed by atoms with van der Waals surface area (Å²) in [5, 5.41) is 4.19. The molecule has 4 atom stereocenters. The third-order valence-corrected chi connectivity index (χ3v) is 9.81. The molecule has 2 bridgehead atoms. The number of benzene rings is 2. The van der Waals surface area contributed by atoms with E-state index >= 15 is 0 Å². The summed E-state index contributed by atoms with van der Waals surface area (Å²) in [6.07, 6.45) is 2.14. The second-order valence-corrected chi connectivity index (χ2v) is 11.7. The molecule has 0 radical (unpaired) electrons. The van der Waals surface area contributed by atoms with E-state index in [1.807, 2.05) is 0 Å². The number of sulfone groups is 1. The smallest absolute Gasteiger partial charge is 0.406 e. The monoisotopic (exact) mass is 544 g/mol. The molecule has 194 valence electrons. The lowest BCUT2D eigenvalue weighted by Gasteiger charge is -2.35. The van der Waals surface area contributed by atoms with Gasteiger partial charge in [-0.25, -0.2) is 26.4 Å². The van der Waals surface area contributed by atoms with Crippen LogP contribution >= 0.6 is 11.6 Å². The van der Waals surface area contributed by atoms with Crippen LogP contribution in [-0.2, 0) is 14.6 Å². The first-order valence-corrected chi connectivity index (χ1v) is 13.2. The van der Waals surface area contributed by atoms with Gasteiger partial charge < -0.3 is 15.4 Å². The number of rotatable bonds is 6. The summed E-state index contributed by atoms with van der Waals surface area (Å²) in [7, 11) is -2.65. The van der Waals surface area contributed by atoms with Gasteiger partial charge in [0.15, 0.2) is 27.3 Å². The SMILES string of the molecule is COC(=O)NC[C@@H]1CC2CC[C@@H](C1)[C@H]2S(=O)(=O)c1cc(C(=O)Nc2cc(F)c(F)c(F)c2)ccc1Cl. The molecule has 0 aliphatic heterocycles. The van der Waals surface area contributed by atoms with Crippen molar-refractivity contribution in [2.24, 2.45) is 17.8 Å². The minimum absolute atomic E-state index is 0.0423. The Morgan fingerprint density at radius 2 is 1.67 bits per heavy atom. The van der Waals surface area contributed by atoms with Crippen molar-refractivity contribution in [2.75, 3.05) is 19.0 Å². The number of nitrogens with one attached hydrogen (secondary N) is 2. The Balaban J connectivity index is 1.54. The minimum atomic E-state index is -3.93. The molecule has 0 spiro atoms. The fourth-order valence-corrected chi connectivity index (χ4v) is 8.28. The summed E-state index contributed by atoms with van der Waals surface area (Å²) in [4.78, 5) is 23.9. The normalized spacial score (nSPS) is 23.2. The lowest BCUT2D eigenvalue weighted by molar-refractivity contribution is 0.102. The molecule has 2 amide bonds. The topological polar surface area (TPSA) is 102 Å². The molecule has 0 saturated heterocycles. The summed E-state index contributed by atoms with van der Waals surface area (Å²) >= 11 is 6.26. The van der Waals surface area contributed by atoms with E-state index in [4.69, 9.17) is 11.6 Å². The van der Waals surface area contributed by atoms with Crippen LogP contribution in [0.4, 0.5) is 23.7 Å². The van der Waals surface area contributed by atoms with Crippen LogP contribution in [0.15, 0.2) is 35.2 Å². The molecular weight excluding hydrogens is 521 g/mol. The van der Waals surface area contributed by atoms with E-state index in [1.165, 1.54) is 19.2 Å². The van der Waals surface area contributed by atoms with Crippen LogP contribution < -0.4 is 10.6 Å². The molecule has 1 unspecified atom stereocenters. The van der Waals surface area contributed by atoms with E-state index in [0.29, 0.717) is 31.5 Å². The number of anilines is 1. The number of methoxy groups -OCH3 is 1. The van der Waals surface area contributed by atoms with Gasteiger partial charge in [0, 0.05) is 29.9 Å². The molecule has 12 heteroatoms. The van der Waals surface area contributed by atoms with Crippen molar-refractivity contribution < 1.29 is 35.9 Å². The molecule has 2 aromatic carbocycles. The Hall–Kier alpha value is -2.79. The van der Waals surface area contributed by atoms with Gasteiger partial charge in [-0.3, -0.25) is 4.79 Å². The molecule has 4 rings (SSSR count). The molecule has 2 saturated carbocycles. The second kappa shape index (κ2) is 10.3. The van der Waals surface area contributed by atoms with Crippen LogP contribution in [-0.4, -0.2) is 39.3 Å². The molecule has 7 nitrogen and oxygen atoms in total. The quantitative estimate of drug-likeness (QED) is 0.501. The molecule has 0 aromatic heterocycles. The first-order chi connectivity index (χ1) is 17.0. The highest BCUT2D eigenvalue weighted by atomic mass is 35.5. The van der Waals surface area contributed by atoms with Crippen LogP contribution in [0.25, 0.3) is 0 Å². The van der Waals surface area contributed by atoms with E-state index in [0.717, 1.165) is 18.9 Å². The molecule has 36 heavy (non-hydrogen) atoms. The maximum absolute atomic E-state index is 13.7. The van der Waals surface area contributed by atoms with Crippen LogP contribution in [0, 0.1) is 35.2 Å². The van der Waals surface area contributed by atoms with Crippen molar-refractivity contribution in [3.8, 4) is 0 Å². The summed E-state index contributed by atoms with van der Waals surface area (Å²) in [6.45, 7) is 0.396. The second-order valence-electron chi connectivity index (χ2n) is 9.17. The highest BCUT2D eigenvalue weighted by Gasteiger charge is 2.50. The molecule has 2 aliphatic rings. The zero-order valence-corrected chi connectivity index (χ0v) is 20.8. The van der Waals surface area contributed by atoms with Gasteiger partial charge in [-0.2, -0.15) is 0 Å². The van der Waals surface area contributed by atoms with Gasteiger partial charge in [0.25, 0.3) is 5.91 Å². The van der Waals surface area contributed by atoms with Crippen molar-refractivity contribution in [3.05, 3.63) is 58.4 Å². The first kappa shape index (κ1) is 26.3. The zero-order valence-electron chi connectivity index (χ0n) is 19.2. The number of fused-ring (bicyclic) bond motifs is 2. The Bertz CT molecular complexity index is 1270. The summed E-state index contributed by atoms with van der Waals surface area (Å²) < 4.78 is 72.2. The van der Waals surface area contributed by atoms with Crippen molar-refractivity contribution in [2.45, 2.75) is 35.8 Å². The predicted octanol–water partition coefficient (Wildman–Crippen LogP) is 4.94. The van der Waals surface area contributed by atoms with Crippen LogP contribution in [0.5, 0.6) is 0 Å². The maximum atomic E-state index is 13.7. The average molecular weight is 545 g/mol. The number of hydrogen-bond acceptors (Lipinski definition) is 5. The van der Waals surface area contributed by atoms with Crippen LogP contribution in [0.3, 0.4) is 0 Å². The average Bonchev–Trinajstić information content (AvgIpc) is 3.12. The predicted molar refractivity (Wildman–Crippen MR) is 126 cm³/mol. The maximum Gasteiger partial charge on any atom is 0.406 e. The van der Waals surface area contributed by atoms with Gasteiger partial charge >= 0.3 is 6.09 Å². The molecule has 2 N–H and O–H groups in total. The van der Waals surface area contributed by atoms with Gasteiger partial charge in [0.1, 0.15) is 0 Å². The third kappa shape index (κ3) is 5.17. The highest BCUT2D eigenvalue weighted by molar-refractivity contribution is 7.92. The Kier molecular flexibility index (Phi) is 7.51. The number of hydrogen-bond donors (Lipinski definition) is 2. The van der Waals surface area contributed by atoms with E-state index in [9.17, 15) is 31.2 Å². The van der Waals surface area contributed by atoms with Crippen molar-refractivity contribution in [1.82, 2.24) is 5.32 Å². The number of halogens is 4. The summed E-state index contributed by atoms with van der Waals surface area (Å²) in [6, 6.07) is 4.96. The number of ether oxygens (including phenoxy) is 1. The van der Waals surface area contributed by atoms with Crippen molar-refractivity contribution in [3.63, 3.8) is 0 Å². The first-order valence-electron chi connectivity index (χ1n) is 11.3. The molecule has 2 aromatic rings. The molecule has 2 fully saturated rings. The van der Waals surface area contributed by atoms with Gasteiger partial charge in [0.05, 0.1) is 22.3 Å². The van der Waals surface area contributed by atoms with Gasteiger partial charge in [0.2, 0.25) is 0 Å². The molecule has 0 heterocycles. The Labute approximate surface area is 211 Å². The van der Waals surface area contributed by atoms with Gasteiger partial charge in [-0.1, -0.05) is 11.6 Å². The minimum Gasteiger partial charge on any atom is -0.453 e. The lowest BCUT2D eigenvalue weighted by Crippen LogP contribution is -2.41. The fourth-order valence-electron chi connectivity index (χ4n) is 5.41. The third-order valence-electron chi connectivity index (χ3n) is 6.93. The van der Waals surface area contributed by atoms with Crippen molar-refractivity contribution >= 4 is 39.1 Å². The number of amides is 2. The number of alkyl carbamates (subject to hydrolysis) is 1. The van der Waals surface area contributed by atoms with Gasteiger partial charge in [-0.15, -0.1) is 0 Å². The van der Waals surface area contributed by atoms with Crippen LogP contribution in [0.2, 0.25) is 5.02 Å². The molecular formula is C24H24ClF3N2O5S. The molecule has 2 aliphatic carbocycles. The van der Waals surface area contributed by atoms with E-state index < -0.39 is 44.5 Å². The number of carbonyl (C=O) groups excluding carboxylic acids is 2. The zero-order chi connectivity index (χ0) is 26.2. The highest BCUT2D eigenvalue weighted by Crippen LogP contribution is 2.50. The van der Waals surface area contributed by atoms with E-state index in [2.05, 4.69) is 15.4 Å². The fraction of sp³-hybridized carbons (Fsp3) is 0.417. The summed E-state index contributed by atoms with van der Waals surface area (Å²) in [5.41, 5.74) is -0.417. The Morgan fingerprint density at radius 1 is 1.06 bits per heavy atom. The van der Waals surface area contributed by atoms with Crippen molar-refractivity contribution in [1.29, 1.82) is 0 Å². The Morgan fingerprint density at radius 3 is 2.25 bits per heavy atom. The van der Waals surface area contributed by atoms with Crippen LogP contribution in [0.1, 0.15) is 36.0 Å².